The fourth-order valence-corrected chi connectivity index (χ4v) is 3.05. The Balaban J connectivity index is 2.28. The first kappa shape index (κ1) is 14.5. The van der Waals surface area contributed by atoms with Gasteiger partial charge in [0, 0.05) is 27.3 Å². The molecule has 1 aromatic carbocycles. The highest BCUT2D eigenvalue weighted by atomic mass is 79.9. The van der Waals surface area contributed by atoms with Crippen molar-refractivity contribution in [3.8, 4) is 0 Å². The summed E-state index contributed by atoms with van der Waals surface area (Å²) in [5.74, 6) is 0. The van der Waals surface area contributed by atoms with Crippen LogP contribution in [0.4, 0.5) is 0 Å². The molecule has 0 aliphatic rings. The van der Waals surface area contributed by atoms with E-state index in [1.54, 1.807) is 18.0 Å². The van der Waals surface area contributed by atoms with Crippen LogP contribution in [-0.4, -0.2) is 16.0 Å². The summed E-state index contributed by atoms with van der Waals surface area (Å²) in [5, 5.41) is 0.772. The third-order valence-electron chi connectivity index (χ3n) is 2.54. The van der Waals surface area contributed by atoms with Gasteiger partial charge in [0.05, 0.1) is 0 Å². The van der Waals surface area contributed by atoms with E-state index >= 15 is 0 Å². The lowest BCUT2D eigenvalue weighted by Crippen LogP contribution is -2.18. The van der Waals surface area contributed by atoms with Gasteiger partial charge >= 0.3 is 0 Å². The molecule has 0 bridgehead atoms. The molecule has 0 aliphatic heterocycles. The molecule has 1 unspecified atom stereocenters. The van der Waals surface area contributed by atoms with Crippen LogP contribution >= 0.6 is 27.7 Å². The van der Waals surface area contributed by atoms with Crippen LogP contribution < -0.4 is 5.73 Å². The molecule has 100 valence electrons. The van der Waals surface area contributed by atoms with Gasteiger partial charge in [0.15, 0.2) is 5.16 Å². The maximum atomic E-state index is 5.91. The molecule has 0 radical (unpaired) electrons. The van der Waals surface area contributed by atoms with Gasteiger partial charge in [-0.15, -0.1) is 0 Å². The van der Waals surface area contributed by atoms with Crippen LogP contribution in [0.15, 0.2) is 45.0 Å². The highest BCUT2D eigenvalue weighted by Crippen LogP contribution is 2.30. The lowest BCUT2D eigenvalue weighted by atomic mass is 10.1. The molecular formula is C14H16BrN3S. The molecule has 0 amide bonds. The third-order valence-corrected chi connectivity index (χ3v) is 4.03. The second-order valence-corrected chi connectivity index (χ2v) is 6.44. The molecule has 0 spiro atoms. The van der Waals surface area contributed by atoms with E-state index in [-0.39, 0.29) is 6.04 Å². The number of aryl methyl sites for hydroxylation is 1. The Labute approximate surface area is 126 Å². The Kier molecular flexibility index (Phi) is 4.96. The third kappa shape index (κ3) is 4.30. The molecule has 2 aromatic rings. The Morgan fingerprint density at radius 1 is 1.37 bits per heavy atom. The molecule has 1 aromatic heterocycles. The first-order chi connectivity index (χ1) is 9.04. The zero-order chi connectivity index (χ0) is 13.8. The summed E-state index contributed by atoms with van der Waals surface area (Å²) in [4.78, 5) is 9.86. The van der Waals surface area contributed by atoms with Gasteiger partial charge in [-0.1, -0.05) is 15.9 Å². The summed E-state index contributed by atoms with van der Waals surface area (Å²) in [7, 11) is 0. The molecule has 1 heterocycles. The number of nitrogens with zero attached hydrogens (tertiary/aromatic N) is 2. The Bertz CT molecular complexity index is 572. The van der Waals surface area contributed by atoms with Gasteiger partial charge in [-0.3, -0.25) is 0 Å². The summed E-state index contributed by atoms with van der Waals surface area (Å²) in [5.41, 5.74) is 8.10. The highest BCUT2D eigenvalue weighted by Gasteiger charge is 2.09. The standard InChI is InChI=1S/C14H16BrN3S/c1-9(16)7-11-8-12(15)3-4-13(11)19-14-17-6-5-10(2)18-14/h3-6,8-9H,7,16H2,1-2H3. The van der Waals surface area contributed by atoms with Crippen molar-refractivity contribution in [2.75, 3.05) is 0 Å². The molecule has 5 heteroatoms. The minimum atomic E-state index is 0.132. The van der Waals surface area contributed by atoms with Crippen LogP contribution in [0.2, 0.25) is 0 Å². The van der Waals surface area contributed by atoms with E-state index in [4.69, 9.17) is 5.73 Å². The summed E-state index contributed by atoms with van der Waals surface area (Å²) < 4.78 is 1.07. The lowest BCUT2D eigenvalue weighted by Gasteiger charge is -2.11. The second-order valence-electron chi connectivity index (χ2n) is 4.52. The molecule has 2 N–H and O–H groups in total. The van der Waals surface area contributed by atoms with E-state index in [2.05, 4.69) is 38.0 Å². The average Bonchev–Trinajstić information content (AvgIpc) is 2.32. The van der Waals surface area contributed by atoms with E-state index in [0.29, 0.717) is 0 Å². The Morgan fingerprint density at radius 3 is 2.84 bits per heavy atom. The Hall–Kier alpha value is -0.910. The number of benzene rings is 1. The number of hydrogen-bond donors (Lipinski definition) is 1. The van der Waals surface area contributed by atoms with Gasteiger partial charge in [0.25, 0.3) is 0 Å². The lowest BCUT2D eigenvalue weighted by molar-refractivity contribution is 0.728. The van der Waals surface area contributed by atoms with Crippen LogP contribution in [0.25, 0.3) is 0 Å². The van der Waals surface area contributed by atoms with Crippen LogP contribution in [-0.2, 0) is 6.42 Å². The molecule has 0 fully saturated rings. The van der Waals surface area contributed by atoms with Crippen molar-refractivity contribution in [1.82, 2.24) is 9.97 Å². The van der Waals surface area contributed by atoms with Crippen molar-refractivity contribution in [3.63, 3.8) is 0 Å². The summed E-state index contributed by atoms with van der Waals surface area (Å²) in [6.45, 7) is 3.98. The average molecular weight is 338 g/mol. The fourth-order valence-electron chi connectivity index (χ4n) is 1.73. The minimum absolute atomic E-state index is 0.132. The largest absolute Gasteiger partial charge is 0.328 e. The number of nitrogens with two attached hydrogens (primary N) is 1. The number of hydrogen-bond acceptors (Lipinski definition) is 4. The molecular weight excluding hydrogens is 322 g/mol. The van der Waals surface area contributed by atoms with Crippen molar-refractivity contribution < 1.29 is 0 Å². The van der Waals surface area contributed by atoms with E-state index in [0.717, 1.165) is 26.6 Å². The monoisotopic (exact) mass is 337 g/mol. The van der Waals surface area contributed by atoms with Crippen LogP contribution in [0.1, 0.15) is 18.2 Å². The number of rotatable bonds is 4. The zero-order valence-electron chi connectivity index (χ0n) is 10.9. The molecule has 2 rings (SSSR count). The van der Waals surface area contributed by atoms with Crippen molar-refractivity contribution in [2.24, 2.45) is 5.73 Å². The SMILES string of the molecule is Cc1ccnc(Sc2ccc(Br)cc2CC(C)N)n1. The van der Waals surface area contributed by atoms with Gasteiger partial charge in [0.1, 0.15) is 0 Å². The Morgan fingerprint density at radius 2 is 2.16 bits per heavy atom. The number of aromatic nitrogens is 2. The molecule has 0 aliphatic carbocycles. The predicted octanol–water partition coefficient (Wildman–Crippen LogP) is 3.59. The van der Waals surface area contributed by atoms with Crippen LogP contribution in [0, 0.1) is 6.92 Å². The maximum Gasteiger partial charge on any atom is 0.192 e. The maximum absolute atomic E-state index is 5.91. The van der Waals surface area contributed by atoms with E-state index in [1.807, 2.05) is 26.0 Å². The topological polar surface area (TPSA) is 51.8 Å². The van der Waals surface area contributed by atoms with Crippen molar-refractivity contribution in [2.45, 2.75) is 36.4 Å². The van der Waals surface area contributed by atoms with E-state index < -0.39 is 0 Å². The van der Waals surface area contributed by atoms with E-state index in [9.17, 15) is 0 Å². The molecule has 0 saturated heterocycles. The van der Waals surface area contributed by atoms with Gasteiger partial charge in [-0.05, 0) is 61.9 Å². The quantitative estimate of drug-likeness (QED) is 0.866. The van der Waals surface area contributed by atoms with Crippen molar-refractivity contribution in [1.29, 1.82) is 0 Å². The smallest absolute Gasteiger partial charge is 0.192 e. The summed E-state index contributed by atoms with van der Waals surface area (Å²) >= 11 is 5.08. The van der Waals surface area contributed by atoms with Crippen molar-refractivity contribution in [3.05, 3.63) is 46.2 Å². The second kappa shape index (κ2) is 6.50. The fraction of sp³-hybridized carbons (Fsp3) is 0.286. The van der Waals surface area contributed by atoms with Crippen LogP contribution in [0.5, 0.6) is 0 Å². The normalized spacial score (nSPS) is 12.4. The van der Waals surface area contributed by atoms with Crippen LogP contribution in [0.3, 0.4) is 0 Å². The zero-order valence-corrected chi connectivity index (χ0v) is 13.3. The van der Waals surface area contributed by atoms with E-state index in [1.165, 1.54) is 5.56 Å². The van der Waals surface area contributed by atoms with Gasteiger partial charge < -0.3 is 5.73 Å². The summed E-state index contributed by atoms with van der Waals surface area (Å²) in [6.07, 6.45) is 2.63. The minimum Gasteiger partial charge on any atom is -0.328 e. The highest BCUT2D eigenvalue weighted by molar-refractivity contribution is 9.10. The first-order valence-electron chi connectivity index (χ1n) is 6.06. The number of halogens is 1. The van der Waals surface area contributed by atoms with Gasteiger partial charge in [-0.2, -0.15) is 0 Å². The summed E-state index contributed by atoms with van der Waals surface area (Å²) in [6, 6.07) is 8.25. The molecule has 19 heavy (non-hydrogen) atoms. The van der Waals surface area contributed by atoms with Gasteiger partial charge in [0.2, 0.25) is 0 Å². The molecule has 1 atom stereocenters. The molecule has 3 nitrogen and oxygen atoms in total. The predicted molar refractivity (Wildman–Crippen MR) is 82.4 cm³/mol. The molecule has 0 saturated carbocycles. The first-order valence-corrected chi connectivity index (χ1v) is 7.67. The van der Waals surface area contributed by atoms with Gasteiger partial charge in [-0.25, -0.2) is 9.97 Å². The van der Waals surface area contributed by atoms with Crippen molar-refractivity contribution >= 4 is 27.7 Å².